The molecule has 0 saturated carbocycles. The van der Waals surface area contributed by atoms with Crippen LogP contribution in [0.1, 0.15) is 55.8 Å². The number of halogens is 2. The van der Waals surface area contributed by atoms with Gasteiger partial charge in [-0.3, -0.25) is 4.98 Å². The molecule has 5 heterocycles. The van der Waals surface area contributed by atoms with Gasteiger partial charge in [0.25, 0.3) is 0 Å². The number of rotatable bonds is 8. The van der Waals surface area contributed by atoms with Gasteiger partial charge in [0.15, 0.2) is 9.47 Å². The third-order valence-electron chi connectivity index (χ3n) is 21.1. The van der Waals surface area contributed by atoms with Gasteiger partial charge < -0.3 is 0 Å². The predicted molar refractivity (Wildman–Crippen MR) is 434 cm³/mol. The summed E-state index contributed by atoms with van der Waals surface area (Å²) in [7, 11) is 0. The van der Waals surface area contributed by atoms with Crippen LogP contribution in [-0.2, 0) is 17.3 Å². The highest BCUT2D eigenvalue weighted by Crippen LogP contribution is 2.58. The molecule has 0 saturated heterocycles. The fourth-order valence-electron chi connectivity index (χ4n) is 16.6. The number of pyridine rings is 3. The molecule has 7 nitrogen and oxygen atoms in total. The Morgan fingerprint density at radius 3 is 1.05 bits per heavy atom. The number of nitrogens with zero attached hydrogens (tertiary/aromatic N) is 7. The van der Waals surface area contributed by atoms with Gasteiger partial charge in [-0.05, 0) is 152 Å². The molecular formula is C96H61Br2N7. The third-order valence-corrected chi connectivity index (χ3v) is 21.9. The first kappa shape index (κ1) is 63.4. The normalized spacial score (nSPS) is 13.0. The van der Waals surface area contributed by atoms with E-state index < -0.39 is 10.8 Å². The van der Waals surface area contributed by atoms with Crippen molar-refractivity contribution in [1.82, 2.24) is 34.9 Å². The van der Waals surface area contributed by atoms with Crippen LogP contribution in [0.4, 0.5) is 0 Å². The monoisotopic (exact) mass is 1470 g/mol. The molecule has 0 atom stereocenters. The van der Waals surface area contributed by atoms with E-state index in [9.17, 15) is 0 Å². The van der Waals surface area contributed by atoms with Crippen molar-refractivity contribution in [2.45, 2.75) is 17.3 Å². The van der Waals surface area contributed by atoms with Gasteiger partial charge in [-0.25, -0.2) is 29.9 Å². The Hall–Kier alpha value is -12.5. The average molecular weight is 1470 g/mol. The Morgan fingerprint density at radius 1 is 0.257 bits per heavy atom. The molecule has 105 heavy (non-hydrogen) atoms. The lowest BCUT2D eigenvalue weighted by Crippen LogP contribution is -2.28. The average Bonchev–Trinajstić information content (AvgIpc) is 1.57. The summed E-state index contributed by atoms with van der Waals surface area (Å²) in [5, 5.41) is 4.01. The SMILES string of the molecule is Brc1nc(-c2cccc(C3(c4ccccc4)c4ccccc4-c4ccccc43)c2)c2ccc3ccc(-c4ccccc4)nc3c2n1.Brc1nc(-c2cccc(C3(c4ccccc4)c4ccccc4-c4ccccc43)c2)c2ccc3ccc(-c4ccccc4)nc3c2n1.c1ccc2c(c1)Cc1ncccc1-2. The molecule has 0 unspecified atom stereocenters. The van der Waals surface area contributed by atoms with Crippen molar-refractivity contribution in [3.63, 3.8) is 0 Å². The molecule has 5 aromatic heterocycles. The zero-order valence-electron chi connectivity index (χ0n) is 56.7. The molecule has 0 radical (unpaired) electrons. The molecule has 0 aliphatic heterocycles. The molecule has 21 rings (SSSR count). The largest absolute Gasteiger partial charge is 0.260 e. The molecule has 3 aliphatic carbocycles. The lowest BCUT2D eigenvalue weighted by atomic mass is 9.67. The highest BCUT2D eigenvalue weighted by Gasteiger charge is 2.47. The van der Waals surface area contributed by atoms with E-state index in [2.05, 4.69) is 346 Å². The van der Waals surface area contributed by atoms with Gasteiger partial charge in [0.05, 0.1) is 50.3 Å². The van der Waals surface area contributed by atoms with Crippen LogP contribution in [0.5, 0.6) is 0 Å². The Bertz CT molecular complexity index is 5950. The maximum Gasteiger partial charge on any atom is 0.197 e. The Balaban J connectivity index is 0.000000123. The van der Waals surface area contributed by atoms with Crippen molar-refractivity contribution in [2.24, 2.45) is 0 Å². The van der Waals surface area contributed by atoms with Crippen LogP contribution in [0.2, 0.25) is 0 Å². The Kier molecular flexibility index (Phi) is 15.9. The van der Waals surface area contributed by atoms with Gasteiger partial charge in [0, 0.05) is 62.0 Å². The standard InChI is InChI=1S/2C42H26BrN3.C12H9N/c2*43-41-45-38(34-24-22-28-23-25-37(27-12-3-1-4-13-27)44-39(28)40(34)46-41)29-14-11-17-31(26-29)42(30-15-5-2-6-16-30)35-20-9-7-18-32(35)33-19-8-10-21-36(33)42;1-2-5-10-9(4-1)8-12-11(10)6-3-7-13-12/h2*1-26H;1-7H,8H2. The summed E-state index contributed by atoms with van der Waals surface area (Å²) in [5.74, 6) is 0. The van der Waals surface area contributed by atoms with Crippen LogP contribution in [0, 0.1) is 0 Å². The van der Waals surface area contributed by atoms with E-state index in [0.29, 0.717) is 9.47 Å². The van der Waals surface area contributed by atoms with Crippen LogP contribution in [-0.4, -0.2) is 34.9 Å². The van der Waals surface area contributed by atoms with Gasteiger partial charge in [0.1, 0.15) is 11.0 Å². The molecule has 0 N–H and O–H groups in total. The van der Waals surface area contributed by atoms with Crippen molar-refractivity contribution in [2.75, 3.05) is 0 Å². The maximum absolute atomic E-state index is 5.12. The van der Waals surface area contributed by atoms with Crippen LogP contribution in [0.25, 0.3) is 122 Å². The second kappa shape index (κ2) is 26.4. The first-order valence-corrected chi connectivity index (χ1v) is 36.9. The number of hydrogen-bond acceptors (Lipinski definition) is 7. The minimum atomic E-state index is -0.483. The molecule has 13 aromatic carbocycles. The smallest absolute Gasteiger partial charge is 0.197 e. The summed E-state index contributed by atoms with van der Waals surface area (Å²) in [6.07, 6.45) is 2.86. The summed E-state index contributed by atoms with van der Waals surface area (Å²) < 4.78 is 1.07. The van der Waals surface area contributed by atoms with Crippen molar-refractivity contribution >= 4 is 75.5 Å². The fraction of sp³-hybridized carbons (Fsp3) is 0.0312. The van der Waals surface area contributed by atoms with E-state index in [1.807, 2.05) is 48.7 Å². The molecule has 0 amide bonds. The fourth-order valence-corrected chi connectivity index (χ4v) is 17.3. The molecule has 494 valence electrons. The van der Waals surface area contributed by atoms with Crippen LogP contribution in [0.3, 0.4) is 0 Å². The second-order valence-corrected chi connectivity index (χ2v) is 28.2. The summed E-state index contributed by atoms with van der Waals surface area (Å²) in [4.78, 5) is 34.4. The van der Waals surface area contributed by atoms with E-state index in [0.717, 1.165) is 95.1 Å². The Labute approximate surface area is 624 Å². The molecule has 18 aromatic rings. The van der Waals surface area contributed by atoms with E-state index in [1.54, 1.807) is 0 Å². The van der Waals surface area contributed by atoms with E-state index in [1.165, 1.54) is 89.1 Å². The number of hydrogen-bond donors (Lipinski definition) is 0. The maximum atomic E-state index is 5.12. The molecule has 0 fully saturated rings. The first-order valence-electron chi connectivity index (χ1n) is 35.3. The topological polar surface area (TPSA) is 90.2 Å². The zero-order valence-corrected chi connectivity index (χ0v) is 59.8. The minimum Gasteiger partial charge on any atom is -0.260 e. The highest BCUT2D eigenvalue weighted by molar-refractivity contribution is 9.10. The van der Waals surface area contributed by atoms with E-state index in [4.69, 9.17) is 29.9 Å². The summed E-state index contributed by atoms with van der Waals surface area (Å²) in [5.41, 5.74) is 30.6. The molecule has 0 bridgehead atoms. The van der Waals surface area contributed by atoms with Gasteiger partial charge in [0.2, 0.25) is 0 Å². The van der Waals surface area contributed by atoms with E-state index in [-0.39, 0.29) is 0 Å². The lowest BCUT2D eigenvalue weighted by molar-refractivity contribution is 0.769. The number of aromatic nitrogens is 7. The van der Waals surface area contributed by atoms with Gasteiger partial charge in [-0.2, -0.15) is 0 Å². The first-order chi connectivity index (χ1) is 51.9. The van der Waals surface area contributed by atoms with Crippen molar-refractivity contribution < 1.29 is 0 Å². The van der Waals surface area contributed by atoms with Gasteiger partial charge in [-0.15, -0.1) is 0 Å². The van der Waals surface area contributed by atoms with Crippen LogP contribution in [0.15, 0.2) is 368 Å². The Morgan fingerprint density at radius 2 is 0.610 bits per heavy atom. The molecule has 3 aliphatic rings. The lowest BCUT2D eigenvalue weighted by Gasteiger charge is -2.34. The minimum absolute atomic E-state index is 0.483. The summed E-state index contributed by atoms with van der Waals surface area (Å²) >= 11 is 7.31. The highest BCUT2D eigenvalue weighted by atomic mass is 79.9. The molecule has 9 heteroatoms. The number of benzene rings is 13. The number of fused-ring (bicyclic) bond motifs is 15. The van der Waals surface area contributed by atoms with Gasteiger partial charge in [-0.1, -0.05) is 309 Å². The van der Waals surface area contributed by atoms with Crippen molar-refractivity contribution in [3.8, 4) is 78.4 Å². The van der Waals surface area contributed by atoms with E-state index >= 15 is 0 Å². The zero-order chi connectivity index (χ0) is 70.0. The summed E-state index contributed by atoms with van der Waals surface area (Å²) in [6.45, 7) is 0. The van der Waals surface area contributed by atoms with Crippen LogP contribution >= 0.6 is 31.9 Å². The third kappa shape index (κ3) is 10.7. The second-order valence-electron chi connectivity index (χ2n) is 26.8. The van der Waals surface area contributed by atoms with Crippen molar-refractivity contribution in [1.29, 1.82) is 0 Å². The predicted octanol–water partition coefficient (Wildman–Crippen LogP) is 23.9. The summed E-state index contributed by atoms with van der Waals surface area (Å²) in [6, 6.07) is 125. The van der Waals surface area contributed by atoms with Gasteiger partial charge >= 0.3 is 0 Å². The quantitative estimate of drug-likeness (QED) is 0.111. The van der Waals surface area contributed by atoms with Crippen molar-refractivity contribution in [3.05, 3.63) is 423 Å². The molecule has 0 spiro atoms. The van der Waals surface area contributed by atoms with Crippen LogP contribution < -0.4 is 0 Å². The molecular weight excluding hydrogens is 1410 g/mol.